The lowest BCUT2D eigenvalue weighted by Gasteiger charge is -2.23. The van der Waals surface area contributed by atoms with E-state index in [2.05, 4.69) is 52.6 Å². The fourth-order valence-corrected chi connectivity index (χ4v) is 6.55. The van der Waals surface area contributed by atoms with E-state index < -0.39 is 0 Å². The van der Waals surface area contributed by atoms with Crippen LogP contribution >= 0.6 is 11.8 Å². The summed E-state index contributed by atoms with van der Waals surface area (Å²) in [6.07, 6.45) is 10.8. The van der Waals surface area contributed by atoms with Crippen molar-refractivity contribution in [3.05, 3.63) is 186 Å². The van der Waals surface area contributed by atoms with Crippen molar-refractivity contribution in [3.63, 3.8) is 0 Å². The molecule has 0 amide bonds. The summed E-state index contributed by atoms with van der Waals surface area (Å²) >= 11 is 1.72. The van der Waals surface area contributed by atoms with E-state index in [1.54, 1.807) is 60.8 Å². The van der Waals surface area contributed by atoms with Gasteiger partial charge in [-0.15, -0.1) is 11.8 Å². The van der Waals surface area contributed by atoms with E-state index in [1.165, 1.54) is 29.2 Å². The Morgan fingerprint density at radius 1 is 0.520 bits per heavy atom. The lowest BCUT2D eigenvalue weighted by Crippen LogP contribution is -2.18. The highest BCUT2D eigenvalue weighted by Crippen LogP contribution is 2.38. The molecule has 2 atom stereocenters. The molecule has 4 aromatic carbocycles. The second-order valence-electron chi connectivity index (χ2n) is 11.8. The molecule has 9 heteroatoms. The molecular formula is C41H34F2N6S. The van der Waals surface area contributed by atoms with Gasteiger partial charge in [0.1, 0.15) is 11.6 Å². The second kappa shape index (κ2) is 15.3. The van der Waals surface area contributed by atoms with Gasteiger partial charge in [0.15, 0.2) is 0 Å². The molecule has 2 aliphatic heterocycles. The molecule has 6 aromatic rings. The van der Waals surface area contributed by atoms with E-state index in [0.29, 0.717) is 0 Å². The Hall–Kier alpha value is -5.67. The molecule has 2 aromatic heterocycles. The van der Waals surface area contributed by atoms with Crippen molar-refractivity contribution in [1.82, 2.24) is 9.97 Å². The Bertz CT molecular complexity index is 2060. The van der Waals surface area contributed by atoms with Gasteiger partial charge in [-0.05, 0) is 113 Å². The van der Waals surface area contributed by atoms with Gasteiger partial charge < -0.3 is 0 Å². The topological polar surface area (TPSA) is 57.0 Å². The van der Waals surface area contributed by atoms with Gasteiger partial charge in [0.25, 0.3) is 0 Å². The predicted octanol–water partition coefficient (Wildman–Crippen LogP) is 9.87. The number of halogens is 2. The van der Waals surface area contributed by atoms with Crippen LogP contribution in [0, 0.1) is 11.6 Å². The van der Waals surface area contributed by atoms with Crippen LogP contribution in [0.25, 0.3) is 0 Å². The molecule has 50 heavy (non-hydrogen) atoms. The normalized spacial score (nSPS) is 16.8. The minimum atomic E-state index is -0.245. The smallest absolute Gasteiger partial charge is 0.123 e. The highest BCUT2D eigenvalue weighted by molar-refractivity contribution is 7.98. The maximum absolute atomic E-state index is 13.3. The predicted molar refractivity (Wildman–Crippen MR) is 199 cm³/mol. The molecule has 6 nitrogen and oxygen atoms in total. The molecule has 0 saturated heterocycles. The average molecular weight is 681 g/mol. The third-order valence-electron chi connectivity index (χ3n) is 8.72. The summed E-state index contributed by atoms with van der Waals surface area (Å²) in [6, 6.07) is 39.7. The Morgan fingerprint density at radius 3 is 1.36 bits per heavy atom. The molecule has 0 aliphatic carbocycles. The summed E-state index contributed by atoms with van der Waals surface area (Å²) in [5.74, 6) is -0.490. The lowest BCUT2D eigenvalue weighted by molar-refractivity contribution is 0.626. The van der Waals surface area contributed by atoms with E-state index >= 15 is 0 Å². The monoisotopic (exact) mass is 680 g/mol. The first-order valence-electron chi connectivity index (χ1n) is 16.3. The second-order valence-corrected chi connectivity index (χ2v) is 12.7. The SMILES string of the molecule is CSc1ccc(C2=NN(c3ccc(F)cc3)C(c3ccncc3)C2)cc1.Fc1ccc(N2N=C(c3ccccc3)CC2c2ccncc2)cc1. The number of hydrogen-bond acceptors (Lipinski definition) is 7. The third kappa shape index (κ3) is 7.48. The van der Waals surface area contributed by atoms with Crippen LogP contribution in [0.4, 0.5) is 20.2 Å². The fraction of sp³-hybridized carbons (Fsp3) is 0.122. The molecule has 4 heterocycles. The molecule has 0 fully saturated rings. The van der Waals surface area contributed by atoms with E-state index in [1.807, 2.05) is 52.5 Å². The van der Waals surface area contributed by atoms with Crippen molar-refractivity contribution >= 4 is 34.6 Å². The van der Waals surface area contributed by atoms with Gasteiger partial charge in [-0.3, -0.25) is 20.0 Å². The van der Waals surface area contributed by atoms with Crippen LogP contribution in [0.3, 0.4) is 0 Å². The Morgan fingerprint density at radius 2 is 0.940 bits per heavy atom. The van der Waals surface area contributed by atoms with Gasteiger partial charge in [-0.1, -0.05) is 42.5 Å². The highest BCUT2D eigenvalue weighted by atomic mass is 32.2. The first-order chi connectivity index (χ1) is 24.6. The zero-order valence-corrected chi connectivity index (χ0v) is 28.2. The van der Waals surface area contributed by atoms with Gasteiger partial charge >= 0.3 is 0 Å². The number of aromatic nitrogens is 2. The van der Waals surface area contributed by atoms with E-state index in [4.69, 9.17) is 10.2 Å². The molecule has 0 saturated carbocycles. The first-order valence-corrected chi connectivity index (χ1v) is 17.5. The lowest BCUT2D eigenvalue weighted by atomic mass is 9.99. The number of hydrazone groups is 2. The number of nitrogens with zero attached hydrogens (tertiary/aromatic N) is 6. The maximum atomic E-state index is 13.3. The molecule has 0 bridgehead atoms. The van der Waals surface area contributed by atoms with Crippen molar-refractivity contribution < 1.29 is 8.78 Å². The van der Waals surface area contributed by atoms with Crippen LogP contribution in [0.15, 0.2) is 167 Å². The van der Waals surface area contributed by atoms with Crippen LogP contribution < -0.4 is 10.0 Å². The number of anilines is 2. The van der Waals surface area contributed by atoms with Crippen molar-refractivity contribution in [2.24, 2.45) is 10.2 Å². The summed E-state index contributed by atoms with van der Waals surface area (Å²) in [5.41, 5.74) is 8.33. The highest BCUT2D eigenvalue weighted by Gasteiger charge is 2.31. The summed E-state index contributed by atoms with van der Waals surface area (Å²) in [5, 5.41) is 13.6. The Balaban J connectivity index is 0.000000157. The van der Waals surface area contributed by atoms with Crippen molar-refractivity contribution in [3.8, 4) is 0 Å². The first kappa shape index (κ1) is 32.9. The van der Waals surface area contributed by atoms with E-state index in [9.17, 15) is 8.78 Å². The van der Waals surface area contributed by atoms with Gasteiger partial charge in [0, 0.05) is 42.5 Å². The van der Waals surface area contributed by atoms with Gasteiger partial charge in [0.05, 0.1) is 34.9 Å². The zero-order chi connectivity index (χ0) is 34.3. The van der Waals surface area contributed by atoms with E-state index in [0.717, 1.165) is 57.9 Å². The quantitative estimate of drug-likeness (QED) is 0.157. The average Bonchev–Trinajstić information content (AvgIpc) is 3.83. The molecule has 248 valence electrons. The summed E-state index contributed by atoms with van der Waals surface area (Å²) in [6.45, 7) is 0. The number of rotatable bonds is 7. The number of pyridine rings is 2. The molecule has 0 radical (unpaired) electrons. The van der Waals surface area contributed by atoms with Gasteiger partial charge in [0.2, 0.25) is 0 Å². The van der Waals surface area contributed by atoms with Crippen LogP contribution in [0.2, 0.25) is 0 Å². The van der Waals surface area contributed by atoms with Crippen LogP contribution in [-0.2, 0) is 0 Å². The molecule has 8 rings (SSSR count). The third-order valence-corrected chi connectivity index (χ3v) is 9.46. The molecular weight excluding hydrogens is 647 g/mol. The van der Waals surface area contributed by atoms with Crippen LogP contribution in [0.1, 0.15) is 47.2 Å². The van der Waals surface area contributed by atoms with Gasteiger partial charge in [-0.2, -0.15) is 10.2 Å². The largest absolute Gasteiger partial charge is 0.265 e. The summed E-state index contributed by atoms with van der Waals surface area (Å²) in [7, 11) is 0. The number of hydrogen-bond donors (Lipinski definition) is 0. The van der Waals surface area contributed by atoms with Crippen molar-refractivity contribution in [2.75, 3.05) is 16.3 Å². The van der Waals surface area contributed by atoms with E-state index in [-0.39, 0.29) is 23.7 Å². The Kier molecular flexibility index (Phi) is 10.0. The minimum absolute atomic E-state index is 0.0682. The standard InChI is InChI=1S/C21H18FN3S.C20H16FN3/c1-26-19-8-2-15(3-9-19)20-14-21(16-10-12-23-13-11-16)25(24-20)18-6-4-17(22)5-7-18;21-17-6-8-18(9-7-17)24-20(16-10-12-22-13-11-16)14-19(23-24)15-4-2-1-3-5-15/h2-13,21H,14H2,1H3;1-13,20H,14H2. The zero-order valence-electron chi connectivity index (χ0n) is 27.4. The maximum Gasteiger partial charge on any atom is 0.123 e. The summed E-state index contributed by atoms with van der Waals surface area (Å²) in [4.78, 5) is 9.44. The summed E-state index contributed by atoms with van der Waals surface area (Å²) < 4.78 is 26.6. The van der Waals surface area contributed by atoms with Crippen molar-refractivity contribution in [2.45, 2.75) is 29.8 Å². The number of benzene rings is 4. The molecule has 2 unspecified atom stereocenters. The number of thioether (sulfide) groups is 1. The molecule has 0 N–H and O–H groups in total. The fourth-order valence-electron chi connectivity index (χ4n) is 6.14. The molecule has 2 aliphatic rings. The van der Waals surface area contributed by atoms with Crippen molar-refractivity contribution in [1.29, 1.82) is 0 Å². The van der Waals surface area contributed by atoms with Crippen LogP contribution in [-0.4, -0.2) is 27.6 Å². The molecule has 0 spiro atoms. The van der Waals surface area contributed by atoms with Crippen LogP contribution in [0.5, 0.6) is 0 Å². The Labute approximate surface area is 294 Å². The minimum Gasteiger partial charge on any atom is -0.265 e. The van der Waals surface area contributed by atoms with Gasteiger partial charge in [-0.25, -0.2) is 8.78 Å².